The zero-order valence-electron chi connectivity index (χ0n) is 11.0. The molecule has 100 valence electrons. The third-order valence-electron chi connectivity index (χ3n) is 2.92. The van der Waals surface area contributed by atoms with Crippen LogP contribution in [0.25, 0.3) is 0 Å². The highest BCUT2D eigenvalue weighted by molar-refractivity contribution is 5.75. The number of rotatable bonds is 7. The summed E-state index contributed by atoms with van der Waals surface area (Å²) >= 11 is 0. The molecular weight excluding hydrogens is 230 g/mol. The molecule has 1 unspecified atom stereocenters. The Morgan fingerprint density at radius 2 is 1.89 bits per heavy atom. The quantitative estimate of drug-likeness (QED) is 0.745. The van der Waals surface area contributed by atoms with Gasteiger partial charge in [-0.2, -0.15) is 0 Å². The highest BCUT2D eigenvalue weighted by atomic mass is 16.5. The van der Waals surface area contributed by atoms with E-state index >= 15 is 0 Å². The van der Waals surface area contributed by atoms with E-state index in [0.29, 0.717) is 13.1 Å². The second kappa shape index (κ2) is 7.84. The lowest BCUT2D eigenvalue weighted by atomic mass is 10.2. The van der Waals surface area contributed by atoms with Gasteiger partial charge in [0.05, 0.1) is 6.61 Å². The lowest BCUT2D eigenvalue weighted by molar-refractivity contribution is -0.152. The van der Waals surface area contributed by atoms with Crippen molar-refractivity contribution in [1.29, 1.82) is 0 Å². The van der Waals surface area contributed by atoms with Gasteiger partial charge in [0, 0.05) is 0 Å². The van der Waals surface area contributed by atoms with Crippen LogP contribution in [0.3, 0.4) is 0 Å². The predicted octanol–water partition coefficient (Wildman–Crippen LogP) is 1.43. The van der Waals surface area contributed by atoms with E-state index in [9.17, 15) is 9.90 Å². The van der Waals surface area contributed by atoms with Gasteiger partial charge >= 0.3 is 5.97 Å². The van der Waals surface area contributed by atoms with Crippen LogP contribution in [0.1, 0.15) is 19.4 Å². The monoisotopic (exact) mass is 251 g/mol. The molecule has 1 aromatic rings. The van der Waals surface area contributed by atoms with Crippen molar-refractivity contribution in [2.45, 2.75) is 26.5 Å². The Labute approximate surface area is 108 Å². The molecule has 0 radical (unpaired) electrons. The summed E-state index contributed by atoms with van der Waals surface area (Å²) in [5, 5.41) is 9.28. The van der Waals surface area contributed by atoms with Crippen LogP contribution in [0, 0.1) is 0 Å². The van der Waals surface area contributed by atoms with Crippen molar-refractivity contribution in [3.8, 4) is 0 Å². The van der Waals surface area contributed by atoms with Gasteiger partial charge in [0.2, 0.25) is 0 Å². The minimum atomic E-state index is -0.566. The molecule has 0 aliphatic carbocycles. The SMILES string of the molecule is CCN(CC)C(CO)C(=O)OCc1ccccc1. The fourth-order valence-corrected chi connectivity index (χ4v) is 1.83. The Kier molecular flexibility index (Phi) is 6.39. The Morgan fingerprint density at radius 3 is 2.39 bits per heavy atom. The zero-order valence-corrected chi connectivity index (χ0v) is 11.0. The minimum absolute atomic E-state index is 0.213. The van der Waals surface area contributed by atoms with Gasteiger partial charge < -0.3 is 9.84 Å². The fourth-order valence-electron chi connectivity index (χ4n) is 1.83. The van der Waals surface area contributed by atoms with Crippen LogP contribution in [-0.2, 0) is 16.1 Å². The van der Waals surface area contributed by atoms with Crippen molar-refractivity contribution in [2.24, 2.45) is 0 Å². The number of hydrogen-bond acceptors (Lipinski definition) is 4. The molecule has 1 aromatic carbocycles. The summed E-state index contributed by atoms with van der Waals surface area (Å²) in [4.78, 5) is 13.8. The van der Waals surface area contributed by atoms with E-state index in [2.05, 4.69) is 0 Å². The Balaban J connectivity index is 2.52. The zero-order chi connectivity index (χ0) is 13.4. The number of benzene rings is 1. The summed E-state index contributed by atoms with van der Waals surface area (Å²) in [6.45, 7) is 5.37. The van der Waals surface area contributed by atoms with E-state index in [1.54, 1.807) is 0 Å². The van der Waals surface area contributed by atoms with Gasteiger partial charge in [0.15, 0.2) is 0 Å². The van der Waals surface area contributed by atoms with Crippen LogP contribution in [-0.4, -0.2) is 41.7 Å². The molecule has 0 saturated carbocycles. The van der Waals surface area contributed by atoms with Crippen LogP contribution < -0.4 is 0 Å². The largest absolute Gasteiger partial charge is 0.460 e. The van der Waals surface area contributed by atoms with Gasteiger partial charge in [-0.3, -0.25) is 9.69 Å². The molecule has 1 atom stereocenters. The van der Waals surface area contributed by atoms with Crippen molar-refractivity contribution in [2.75, 3.05) is 19.7 Å². The summed E-state index contributed by atoms with van der Waals surface area (Å²) in [5.74, 6) is -0.370. The lowest BCUT2D eigenvalue weighted by Crippen LogP contribution is -2.44. The molecule has 0 bridgehead atoms. The van der Waals surface area contributed by atoms with Crippen molar-refractivity contribution in [3.05, 3.63) is 35.9 Å². The molecule has 4 heteroatoms. The summed E-state index contributed by atoms with van der Waals surface area (Å²) in [6.07, 6.45) is 0. The predicted molar refractivity (Wildman–Crippen MR) is 70.0 cm³/mol. The van der Waals surface area contributed by atoms with Gasteiger partial charge in [0.25, 0.3) is 0 Å². The van der Waals surface area contributed by atoms with E-state index in [-0.39, 0.29) is 19.2 Å². The van der Waals surface area contributed by atoms with Crippen LogP contribution in [0.15, 0.2) is 30.3 Å². The number of esters is 1. The second-order valence-corrected chi connectivity index (χ2v) is 4.01. The summed E-state index contributed by atoms with van der Waals surface area (Å²) in [5.41, 5.74) is 0.946. The standard InChI is InChI=1S/C14H21NO3/c1-3-15(4-2)13(10-16)14(17)18-11-12-8-6-5-7-9-12/h5-9,13,16H,3-4,10-11H2,1-2H3. The van der Waals surface area contributed by atoms with Gasteiger partial charge in [-0.05, 0) is 18.7 Å². The second-order valence-electron chi connectivity index (χ2n) is 4.01. The molecule has 0 aromatic heterocycles. The minimum Gasteiger partial charge on any atom is -0.460 e. The van der Waals surface area contributed by atoms with Crippen molar-refractivity contribution < 1.29 is 14.6 Å². The van der Waals surface area contributed by atoms with Crippen LogP contribution in [0.5, 0.6) is 0 Å². The first-order valence-electron chi connectivity index (χ1n) is 6.28. The van der Waals surface area contributed by atoms with Crippen LogP contribution in [0.4, 0.5) is 0 Å². The number of aliphatic hydroxyl groups is 1. The molecule has 0 aliphatic heterocycles. The number of carbonyl (C=O) groups excluding carboxylic acids is 1. The Hall–Kier alpha value is -1.39. The summed E-state index contributed by atoms with van der Waals surface area (Å²) in [7, 11) is 0. The average molecular weight is 251 g/mol. The van der Waals surface area contributed by atoms with E-state index in [4.69, 9.17) is 4.74 Å². The van der Waals surface area contributed by atoms with E-state index in [1.807, 2.05) is 49.1 Å². The molecule has 0 saturated heterocycles. The third-order valence-corrected chi connectivity index (χ3v) is 2.92. The maximum Gasteiger partial charge on any atom is 0.326 e. The smallest absolute Gasteiger partial charge is 0.326 e. The fraction of sp³-hybridized carbons (Fsp3) is 0.500. The first-order chi connectivity index (χ1) is 8.72. The molecule has 0 aliphatic rings. The molecule has 1 N–H and O–H groups in total. The van der Waals surface area contributed by atoms with E-state index < -0.39 is 6.04 Å². The van der Waals surface area contributed by atoms with Crippen LogP contribution in [0.2, 0.25) is 0 Å². The molecule has 0 heterocycles. The number of likely N-dealkylation sites (N-methyl/N-ethyl adjacent to an activating group) is 1. The average Bonchev–Trinajstić information content (AvgIpc) is 2.43. The van der Waals surface area contributed by atoms with Gasteiger partial charge in [-0.25, -0.2) is 0 Å². The molecule has 4 nitrogen and oxygen atoms in total. The normalized spacial score (nSPS) is 12.4. The van der Waals surface area contributed by atoms with Crippen molar-refractivity contribution >= 4 is 5.97 Å². The summed E-state index contributed by atoms with van der Waals surface area (Å²) < 4.78 is 5.23. The van der Waals surface area contributed by atoms with Gasteiger partial charge in [-0.15, -0.1) is 0 Å². The van der Waals surface area contributed by atoms with Crippen molar-refractivity contribution in [1.82, 2.24) is 4.90 Å². The highest BCUT2D eigenvalue weighted by Crippen LogP contribution is 2.05. The molecular formula is C14H21NO3. The Morgan fingerprint density at radius 1 is 1.28 bits per heavy atom. The number of ether oxygens (including phenoxy) is 1. The van der Waals surface area contributed by atoms with Gasteiger partial charge in [0.1, 0.15) is 12.6 Å². The Bertz CT molecular complexity index is 349. The molecule has 0 fully saturated rings. The highest BCUT2D eigenvalue weighted by Gasteiger charge is 2.24. The topological polar surface area (TPSA) is 49.8 Å². The molecule has 0 amide bonds. The number of aliphatic hydroxyl groups excluding tert-OH is 1. The number of carbonyl (C=O) groups is 1. The van der Waals surface area contributed by atoms with E-state index in [0.717, 1.165) is 5.56 Å². The first-order valence-corrected chi connectivity index (χ1v) is 6.28. The first kappa shape index (κ1) is 14.7. The van der Waals surface area contributed by atoms with Crippen molar-refractivity contribution in [3.63, 3.8) is 0 Å². The lowest BCUT2D eigenvalue weighted by Gasteiger charge is -2.26. The third kappa shape index (κ3) is 4.13. The maximum absolute atomic E-state index is 11.9. The number of nitrogens with zero attached hydrogens (tertiary/aromatic N) is 1. The molecule has 0 spiro atoms. The van der Waals surface area contributed by atoms with Crippen LogP contribution >= 0.6 is 0 Å². The molecule has 1 rings (SSSR count). The molecule has 18 heavy (non-hydrogen) atoms. The maximum atomic E-state index is 11.9. The summed E-state index contributed by atoms with van der Waals surface area (Å²) in [6, 6.07) is 8.95. The number of hydrogen-bond donors (Lipinski definition) is 1. The van der Waals surface area contributed by atoms with E-state index in [1.165, 1.54) is 0 Å². The van der Waals surface area contributed by atoms with Gasteiger partial charge in [-0.1, -0.05) is 44.2 Å².